The maximum absolute atomic E-state index is 12.4. The summed E-state index contributed by atoms with van der Waals surface area (Å²) in [5.74, 6) is -1.67. The number of para-hydroxylation sites is 1. The van der Waals surface area contributed by atoms with Gasteiger partial charge in [-0.3, -0.25) is 14.7 Å². The third kappa shape index (κ3) is 8.87. The van der Waals surface area contributed by atoms with Crippen LogP contribution in [-0.2, 0) is 27.5 Å². The van der Waals surface area contributed by atoms with E-state index in [4.69, 9.17) is 16.0 Å². The van der Waals surface area contributed by atoms with Crippen LogP contribution in [0.15, 0.2) is 110 Å². The van der Waals surface area contributed by atoms with E-state index in [-0.39, 0.29) is 51.5 Å². The van der Waals surface area contributed by atoms with Crippen LogP contribution in [0, 0.1) is 17.0 Å². The fourth-order valence-electron chi connectivity index (χ4n) is 3.67. The molecule has 0 unspecified atom stereocenters. The molecule has 17 nitrogen and oxygen atoms in total. The predicted octanol–water partition coefficient (Wildman–Crippen LogP) is 4.24. The second-order valence-electron chi connectivity index (χ2n) is 9.22. The molecule has 47 heavy (non-hydrogen) atoms. The number of hydrogen-bond donors (Lipinski definition) is 3. The molecule has 5 rings (SSSR count). The van der Waals surface area contributed by atoms with Gasteiger partial charge in [-0.2, -0.15) is 23.7 Å². The van der Waals surface area contributed by atoms with E-state index in [1.165, 1.54) is 22.9 Å². The van der Waals surface area contributed by atoms with Crippen LogP contribution in [0.3, 0.4) is 0 Å². The smallest absolute Gasteiger partial charge is 0.871 e. The van der Waals surface area contributed by atoms with Crippen molar-refractivity contribution in [3.8, 4) is 23.1 Å². The van der Waals surface area contributed by atoms with Crippen LogP contribution in [0.25, 0.3) is 5.69 Å². The fraction of sp³-hybridized carbons (Fsp3) is 0.0357. The molecule has 0 atom stereocenters. The number of nitro benzene ring substituents is 1. The van der Waals surface area contributed by atoms with Crippen molar-refractivity contribution in [3.05, 3.63) is 101 Å². The average Bonchev–Trinajstić information content (AvgIpc) is 3.29. The first-order chi connectivity index (χ1) is 21.7. The van der Waals surface area contributed by atoms with Crippen LogP contribution in [-0.4, -0.2) is 27.7 Å². The molecule has 0 saturated carbocycles. The zero-order chi connectivity index (χ0) is 33.6. The minimum absolute atomic E-state index is 0. The van der Waals surface area contributed by atoms with E-state index in [1.807, 2.05) is 6.07 Å². The summed E-state index contributed by atoms with van der Waals surface area (Å²) in [5, 5.41) is 65.6. The van der Waals surface area contributed by atoms with E-state index in [0.29, 0.717) is 17.1 Å². The molecule has 5 aromatic rings. The second-order valence-corrected chi connectivity index (χ2v) is 10.6. The zero-order valence-electron chi connectivity index (χ0n) is 24.0. The van der Waals surface area contributed by atoms with Gasteiger partial charge < -0.3 is 26.8 Å². The van der Waals surface area contributed by atoms with Crippen molar-refractivity contribution in [2.24, 2.45) is 20.5 Å². The van der Waals surface area contributed by atoms with E-state index < -0.39 is 37.3 Å². The number of azo groups is 2. The molecule has 0 spiro atoms. The number of benzene rings is 4. The van der Waals surface area contributed by atoms with E-state index in [2.05, 4.69) is 25.6 Å². The summed E-state index contributed by atoms with van der Waals surface area (Å²) >= 11 is 0. The largest absolute Gasteiger partial charge is 3.00 e. The van der Waals surface area contributed by atoms with E-state index in [0.717, 1.165) is 30.3 Å². The topological polar surface area (TPSA) is 286 Å². The van der Waals surface area contributed by atoms with Crippen molar-refractivity contribution in [1.29, 1.82) is 0 Å². The van der Waals surface area contributed by atoms with Gasteiger partial charge in [-0.15, -0.1) is 10.2 Å². The molecule has 0 aliphatic rings. The number of nitrogens with zero attached hydrogens (tertiary/aromatic N) is 7. The minimum atomic E-state index is -4.42. The molecule has 1 radical (unpaired) electrons. The summed E-state index contributed by atoms with van der Waals surface area (Å²) in [6.45, 7) is 1.60. The maximum atomic E-state index is 12.4. The third-order valence-electron chi connectivity index (χ3n) is 5.95. The van der Waals surface area contributed by atoms with Crippen molar-refractivity contribution < 1.29 is 50.6 Å². The molecular formula is C28H22CrN9O8S. The Balaban J connectivity index is 0.000000254. The first-order valence-electron chi connectivity index (χ1n) is 12.8. The number of nitrogen functional groups attached to an aromatic ring is 2. The summed E-state index contributed by atoms with van der Waals surface area (Å²) < 4.78 is 32.1. The molecule has 1 heterocycles. The van der Waals surface area contributed by atoms with Gasteiger partial charge in [0.05, 0.1) is 38.3 Å². The van der Waals surface area contributed by atoms with Crippen LogP contribution in [0.2, 0.25) is 0 Å². The Kier molecular flexibility index (Phi) is 11.3. The van der Waals surface area contributed by atoms with Crippen molar-refractivity contribution in [3.63, 3.8) is 0 Å². The van der Waals surface area contributed by atoms with Crippen molar-refractivity contribution in [1.82, 2.24) is 9.78 Å². The predicted molar refractivity (Wildman–Crippen MR) is 160 cm³/mol. The first kappa shape index (κ1) is 35.6. The minimum Gasteiger partial charge on any atom is -0.871 e. The Morgan fingerprint density at radius 1 is 0.809 bits per heavy atom. The Morgan fingerprint density at radius 3 is 2.06 bits per heavy atom. The van der Waals surface area contributed by atoms with Crippen LogP contribution in [0.4, 0.5) is 39.8 Å². The molecule has 0 aliphatic carbocycles. The molecule has 0 saturated heterocycles. The van der Waals surface area contributed by atoms with Crippen LogP contribution < -0.4 is 26.8 Å². The molecule has 0 aliphatic heterocycles. The monoisotopic (exact) mass is 696 g/mol. The Morgan fingerprint density at radius 2 is 1.45 bits per heavy atom. The third-order valence-corrected chi connectivity index (χ3v) is 6.80. The SMILES string of the molecule is Cc1nn(-c2ccccc2)c([O-])c1N=Nc1ccc([N+](=O)[O-])cc1[O-].Nc1ccc(N=Nc2cc(S(=O)(=O)O)ccc2[O-])c(N)c1.[Cr+3]. The molecule has 4 aromatic carbocycles. The van der Waals surface area contributed by atoms with E-state index in [1.54, 1.807) is 37.3 Å². The zero-order valence-corrected chi connectivity index (χ0v) is 26.1. The molecule has 0 bridgehead atoms. The molecule has 0 amide bonds. The first-order valence-corrected chi connectivity index (χ1v) is 14.2. The molecular weight excluding hydrogens is 674 g/mol. The number of non-ortho nitro benzene ring substituents is 1. The number of nitro groups is 1. The summed E-state index contributed by atoms with van der Waals surface area (Å²) in [6.07, 6.45) is 0. The number of anilines is 2. The molecule has 0 fully saturated rings. The molecule has 19 heteroatoms. The number of rotatable bonds is 7. The Bertz CT molecular complexity index is 2090. The van der Waals surface area contributed by atoms with Gasteiger partial charge in [-0.25, -0.2) is 4.68 Å². The number of nitrogens with two attached hydrogens (primary N) is 2. The van der Waals surface area contributed by atoms with E-state index in [9.17, 15) is 33.9 Å². The fourth-order valence-corrected chi connectivity index (χ4v) is 4.17. The summed E-state index contributed by atoms with van der Waals surface area (Å²) in [6, 6.07) is 19.4. The van der Waals surface area contributed by atoms with Gasteiger partial charge in [0, 0.05) is 23.7 Å². The number of hydrogen-bond acceptors (Lipinski definition) is 14. The standard InChI is InChI=1S/C16H13N5O4.C12H12N4O4S.Cr/c1-10-15(16(23)20(19-10)11-5-3-2-4-6-11)18-17-13-8-7-12(21(24)25)9-14(13)22;13-7-1-3-10(9(14)5-7)15-16-11-6-8(21(18,19)20)2-4-12(11)17;/h2-9,22-23H,1H3;1-6,17H,13-14H2,(H,18,19,20);/q;;+3/p-3. The van der Waals surface area contributed by atoms with Crippen molar-refractivity contribution >= 4 is 49.9 Å². The van der Waals surface area contributed by atoms with Crippen molar-refractivity contribution in [2.75, 3.05) is 11.5 Å². The van der Waals surface area contributed by atoms with Crippen LogP contribution in [0.1, 0.15) is 5.69 Å². The van der Waals surface area contributed by atoms with Gasteiger partial charge in [0.2, 0.25) is 0 Å². The van der Waals surface area contributed by atoms with Gasteiger partial charge in [-0.05, 0) is 55.5 Å². The van der Waals surface area contributed by atoms with Gasteiger partial charge >= 0.3 is 17.4 Å². The second kappa shape index (κ2) is 14.9. The molecule has 5 N–H and O–H groups in total. The van der Waals surface area contributed by atoms with Gasteiger partial charge in [0.15, 0.2) is 0 Å². The molecule has 1 aromatic heterocycles. The van der Waals surface area contributed by atoms with Gasteiger partial charge in [0.25, 0.3) is 15.8 Å². The van der Waals surface area contributed by atoms with Gasteiger partial charge in [0.1, 0.15) is 11.4 Å². The Labute approximate surface area is 277 Å². The Hall–Kier alpha value is -5.87. The van der Waals surface area contributed by atoms with Crippen molar-refractivity contribution in [2.45, 2.75) is 11.8 Å². The average molecular weight is 697 g/mol. The maximum Gasteiger partial charge on any atom is 3.00 e. The molecule has 239 valence electrons. The van der Waals surface area contributed by atoms with E-state index >= 15 is 0 Å². The van der Waals surface area contributed by atoms with Crippen LogP contribution >= 0.6 is 0 Å². The quantitative estimate of drug-likeness (QED) is 0.0711. The number of aromatic nitrogens is 2. The number of aryl methyl sites for hydroxylation is 1. The summed E-state index contributed by atoms with van der Waals surface area (Å²) in [5.41, 5.74) is 12.5. The summed E-state index contributed by atoms with van der Waals surface area (Å²) in [7, 11) is -4.42. The van der Waals surface area contributed by atoms with Gasteiger partial charge in [-0.1, -0.05) is 35.8 Å². The normalized spacial score (nSPS) is 11.2. The van der Waals surface area contributed by atoms with Crippen LogP contribution in [0.5, 0.6) is 17.4 Å². The summed E-state index contributed by atoms with van der Waals surface area (Å²) in [4.78, 5) is 9.51.